The third-order valence-electron chi connectivity index (χ3n) is 4.40. The molecule has 0 spiro atoms. The SMILES string of the molecule is CNc1cnccc1C(=O)NCC1(N(C)C)CCCC1. The molecule has 0 saturated heterocycles. The molecule has 5 nitrogen and oxygen atoms in total. The lowest BCUT2D eigenvalue weighted by Gasteiger charge is -2.36. The van der Waals surface area contributed by atoms with E-state index in [0.717, 1.165) is 18.5 Å². The number of carbonyl (C=O) groups is 1. The molecule has 1 aromatic heterocycles. The predicted molar refractivity (Wildman–Crippen MR) is 81.0 cm³/mol. The van der Waals surface area contributed by atoms with Gasteiger partial charge in [-0.25, -0.2) is 0 Å². The summed E-state index contributed by atoms with van der Waals surface area (Å²) in [7, 11) is 6.00. The number of rotatable bonds is 5. The van der Waals surface area contributed by atoms with Gasteiger partial charge in [0.05, 0.1) is 17.4 Å². The molecule has 0 aliphatic heterocycles. The minimum Gasteiger partial charge on any atom is -0.386 e. The first kappa shape index (κ1) is 14.8. The Balaban J connectivity index is 2.05. The number of hydrogen-bond acceptors (Lipinski definition) is 4. The fourth-order valence-corrected chi connectivity index (χ4v) is 2.95. The van der Waals surface area contributed by atoms with Gasteiger partial charge in [0, 0.05) is 25.3 Å². The van der Waals surface area contributed by atoms with E-state index in [9.17, 15) is 4.79 Å². The van der Waals surface area contributed by atoms with Crippen molar-refractivity contribution in [3.05, 3.63) is 24.0 Å². The second-order valence-corrected chi connectivity index (χ2v) is 5.68. The molecule has 5 heteroatoms. The average Bonchev–Trinajstić information content (AvgIpc) is 2.95. The van der Waals surface area contributed by atoms with Gasteiger partial charge in [-0.1, -0.05) is 12.8 Å². The van der Waals surface area contributed by atoms with Gasteiger partial charge in [0.25, 0.3) is 5.91 Å². The van der Waals surface area contributed by atoms with E-state index >= 15 is 0 Å². The summed E-state index contributed by atoms with van der Waals surface area (Å²) in [6, 6.07) is 1.75. The fraction of sp³-hybridized carbons (Fsp3) is 0.600. The average molecular weight is 276 g/mol. The normalized spacial score (nSPS) is 17.2. The van der Waals surface area contributed by atoms with Gasteiger partial charge >= 0.3 is 0 Å². The molecular formula is C15H24N4O. The topological polar surface area (TPSA) is 57.3 Å². The molecule has 0 aromatic carbocycles. The zero-order valence-corrected chi connectivity index (χ0v) is 12.6. The number of hydrogen-bond donors (Lipinski definition) is 2. The summed E-state index contributed by atoms with van der Waals surface area (Å²) in [6.45, 7) is 0.699. The lowest BCUT2D eigenvalue weighted by Crippen LogP contribution is -2.50. The van der Waals surface area contributed by atoms with Crippen molar-refractivity contribution in [3.63, 3.8) is 0 Å². The van der Waals surface area contributed by atoms with Crippen LogP contribution in [-0.2, 0) is 0 Å². The first-order chi connectivity index (χ1) is 9.59. The first-order valence-electron chi connectivity index (χ1n) is 7.16. The molecule has 0 radical (unpaired) electrons. The molecule has 1 heterocycles. The summed E-state index contributed by atoms with van der Waals surface area (Å²) in [4.78, 5) is 18.6. The Morgan fingerprint density at radius 2 is 2.10 bits per heavy atom. The standard InChI is InChI=1S/C15H24N4O/c1-16-13-10-17-9-6-12(13)14(20)18-11-15(19(2)3)7-4-5-8-15/h6,9-10,16H,4-5,7-8,11H2,1-3H3,(H,18,20). The van der Waals surface area contributed by atoms with Gasteiger partial charge in [0.15, 0.2) is 0 Å². The Bertz CT molecular complexity index is 467. The Kier molecular flexibility index (Phi) is 4.60. The highest BCUT2D eigenvalue weighted by atomic mass is 16.1. The van der Waals surface area contributed by atoms with Crippen LogP contribution in [0.3, 0.4) is 0 Å². The zero-order valence-electron chi connectivity index (χ0n) is 12.6. The summed E-state index contributed by atoms with van der Waals surface area (Å²) in [5, 5.41) is 6.09. The monoisotopic (exact) mass is 276 g/mol. The van der Waals surface area contributed by atoms with Crippen LogP contribution in [0, 0.1) is 0 Å². The van der Waals surface area contributed by atoms with Crippen LogP contribution in [0.15, 0.2) is 18.5 Å². The smallest absolute Gasteiger partial charge is 0.253 e. The minimum absolute atomic E-state index is 0.0372. The van der Waals surface area contributed by atoms with Gasteiger partial charge in [0.1, 0.15) is 0 Å². The highest BCUT2D eigenvalue weighted by Gasteiger charge is 2.36. The number of amides is 1. The third kappa shape index (κ3) is 2.93. The number of pyridine rings is 1. The number of aromatic nitrogens is 1. The van der Waals surface area contributed by atoms with Crippen molar-refractivity contribution >= 4 is 11.6 Å². The van der Waals surface area contributed by atoms with Crippen molar-refractivity contribution in [1.29, 1.82) is 0 Å². The summed E-state index contributed by atoms with van der Waals surface area (Å²) in [5.41, 5.74) is 1.52. The van der Waals surface area contributed by atoms with Crippen molar-refractivity contribution in [2.24, 2.45) is 0 Å². The summed E-state index contributed by atoms with van der Waals surface area (Å²) < 4.78 is 0. The van der Waals surface area contributed by atoms with E-state index < -0.39 is 0 Å². The van der Waals surface area contributed by atoms with Crippen LogP contribution in [0.5, 0.6) is 0 Å². The summed E-state index contributed by atoms with van der Waals surface area (Å²) in [5.74, 6) is -0.0372. The lowest BCUT2D eigenvalue weighted by molar-refractivity contribution is 0.0900. The Morgan fingerprint density at radius 3 is 2.70 bits per heavy atom. The number of anilines is 1. The van der Waals surface area contributed by atoms with Gasteiger partial charge in [0.2, 0.25) is 0 Å². The largest absolute Gasteiger partial charge is 0.386 e. The highest BCUT2D eigenvalue weighted by Crippen LogP contribution is 2.33. The summed E-state index contributed by atoms with van der Waals surface area (Å²) >= 11 is 0. The molecule has 1 fully saturated rings. The molecule has 0 atom stereocenters. The fourth-order valence-electron chi connectivity index (χ4n) is 2.95. The van der Waals surface area contributed by atoms with Gasteiger partial charge in [-0.3, -0.25) is 9.78 Å². The van der Waals surface area contributed by atoms with Crippen LogP contribution in [-0.4, -0.2) is 49.0 Å². The van der Waals surface area contributed by atoms with Crippen molar-refractivity contribution in [1.82, 2.24) is 15.2 Å². The lowest BCUT2D eigenvalue weighted by atomic mass is 9.96. The maximum atomic E-state index is 12.3. The van der Waals surface area contributed by atoms with Crippen LogP contribution >= 0.6 is 0 Å². The van der Waals surface area contributed by atoms with Crippen LogP contribution in [0.4, 0.5) is 5.69 Å². The van der Waals surface area contributed by atoms with E-state index in [1.807, 2.05) is 0 Å². The van der Waals surface area contributed by atoms with Gasteiger partial charge in [-0.05, 0) is 33.0 Å². The number of carbonyl (C=O) groups excluding carboxylic acids is 1. The molecule has 2 rings (SSSR count). The maximum absolute atomic E-state index is 12.3. The van der Waals surface area contributed by atoms with Crippen LogP contribution in [0.25, 0.3) is 0 Å². The molecule has 0 unspecified atom stereocenters. The van der Waals surface area contributed by atoms with E-state index in [2.05, 4.69) is 34.6 Å². The van der Waals surface area contributed by atoms with Crippen LogP contribution in [0.2, 0.25) is 0 Å². The van der Waals surface area contributed by atoms with Crippen molar-refractivity contribution in [3.8, 4) is 0 Å². The molecule has 1 amide bonds. The maximum Gasteiger partial charge on any atom is 0.253 e. The second-order valence-electron chi connectivity index (χ2n) is 5.68. The van der Waals surface area contributed by atoms with E-state index in [-0.39, 0.29) is 11.4 Å². The van der Waals surface area contributed by atoms with E-state index in [1.54, 1.807) is 25.5 Å². The van der Waals surface area contributed by atoms with Gasteiger partial charge in [-0.2, -0.15) is 0 Å². The zero-order chi connectivity index (χ0) is 14.6. The third-order valence-corrected chi connectivity index (χ3v) is 4.40. The molecule has 20 heavy (non-hydrogen) atoms. The molecule has 1 aliphatic carbocycles. The highest BCUT2D eigenvalue weighted by molar-refractivity contribution is 5.99. The molecular weight excluding hydrogens is 252 g/mol. The van der Waals surface area contributed by atoms with Crippen LogP contribution in [0.1, 0.15) is 36.0 Å². The van der Waals surface area contributed by atoms with E-state index in [4.69, 9.17) is 0 Å². The summed E-state index contributed by atoms with van der Waals surface area (Å²) in [6.07, 6.45) is 8.10. The van der Waals surface area contributed by atoms with E-state index in [1.165, 1.54) is 12.8 Å². The second kappa shape index (κ2) is 6.22. The van der Waals surface area contributed by atoms with Gasteiger partial charge < -0.3 is 15.5 Å². The first-order valence-corrected chi connectivity index (χ1v) is 7.16. The minimum atomic E-state index is -0.0372. The quantitative estimate of drug-likeness (QED) is 0.860. The Labute approximate surface area is 120 Å². The Hall–Kier alpha value is -1.62. The molecule has 2 N–H and O–H groups in total. The van der Waals surface area contributed by atoms with Crippen molar-refractivity contribution in [2.45, 2.75) is 31.2 Å². The molecule has 1 aromatic rings. The molecule has 1 saturated carbocycles. The van der Waals surface area contributed by atoms with E-state index in [0.29, 0.717) is 12.1 Å². The molecule has 1 aliphatic rings. The Morgan fingerprint density at radius 1 is 1.40 bits per heavy atom. The predicted octanol–water partition coefficient (Wildman–Crippen LogP) is 1.73. The van der Waals surface area contributed by atoms with Crippen LogP contribution < -0.4 is 10.6 Å². The molecule has 110 valence electrons. The van der Waals surface area contributed by atoms with Crippen molar-refractivity contribution in [2.75, 3.05) is 33.0 Å². The molecule has 0 bridgehead atoms. The number of nitrogens with zero attached hydrogens (tertiary/aromatic N) is 2. The van der Waals surface area contributed by atoms with Crippen molar-refractivity contribution < 1.29 is 4.79 Å². The number of nitrogens with one attached hydrogen (secondary N) is 2. The number of likely N-dealkylation sites (N-methyl/N-ethyl adjacent to an activating group) is 1. The van der Waals surface area contributed by atoms with Gasteiger partial charge in [-0.15, -0.1) is 0 Å².